The van der Waals surface area contributed by atoms with Crippen LogP contribution in [0.25, 0.3) is 0 Å². The number of nitrogens with one attached hydrogen (secondary N) is 2. The number of rotatable bonds is 9. The van der Waals surface area contributed by atoms with Gasteiger partial charge in [-0.15, -0.1) is 0 Å². The van der Waals surface area contributed by atoms with Crippen molar-refractivity contribution in [3.63, 3.8) is 0 Å². The smallest absolute Gasteiger partial charge is 0.238 e. The molecule has 1 saturated carbocycles. The van der Waals surface area contributed by atoms with Crippen LogP contribution in [0.3, 0.4) is 0 Å². The highest BCUT2D eigenvalue weighted by molar-refractivity contribution is 7.89. The number of nitrogens with two attached hydrogens (primary N) is 1. The molecule has 2 aromatic carbocycles. The molecule has 4 N–H and O–H groups in total. The van der Waals surface area contributed by atoms with Crippen LogP contribution < -0.4 is 20.5 Å². The van der Waals surface area contributed by atoms with Gasteiger partial charge >= 0.3 is 0 Å². The fraction of sp³-hybridized carbons (Fsp3) is 0.409. The molecule has 0 bridgehead atoms. The molecular weight excluding hydrogens is 400 g/mol. The van der Waals surface area contributed by atoms with E-state index in [1.165, 1.54) is 24.5 Å². The molecule has 0 aromatic heterocycles. The molecule has 30 heavy (non-hydrogen) atoms. The summed E-state index contributed by atoms with van der Waals surface area (Å²) in [5.41, 5.74) is 3.01. The van der Waals surface area contributed by atoms with E-state index in [0.717, 1.165) is 23.5 Å². The molecule has 0 aliphatic heterocycles. The third kappa shape index (κ3) is 6.74. The maximum atomic E-state index is 11.5. The molecule has 1 fully saturated rings. The number of hydrogen-bond donors (Lipinski definition) is 3. The monoisotopic (exact) mass is 430 g/mol. The van der Waals surface area contributed by atoms with Crippen molar-refractivity contribution >= 4 is 16.0 Å². The Morgan fingerprint density at radius 3 is 2.70 bits per heavy atom. The second-order valence-electron chi connectivity index (χ2n) is 7.61. The summed E-state index contributed by atoms with van der Waals surface area (Å²) < 4.78 is 29.1. The van der Waals surface area contributed by atoms with Gasteiger partial charge in [-0.2, -0.15) is 0 Å². The number of sulfonamides is 1. The average molecular weight is 431 g/mol. The van der Waals surface area contributed by atoms with Crippen molar-refractivity contribution in [2.45, 2.75) is 44.7 Å². The average Bonchev–Trinajstić information content (AvgIpc) is 3.53. The molecule has 0 heterocycles. The Balaban J connectivity index is 1.67. The fourth-order valence-corrected chi connectivity index (χ4v) is 3.53. The largest absolute Gasteiger partial charge is 0.493 e. The number of hydrogen-bond acceptors (Lipinski definition) is 4. The van der Waals surface area contributed by atoms with Crippen LogP contribution in [0, 0.1) is 12.8 Å². The number of nitrogens with zero attached hydrogens (tertiary/aromatic N) is 1. The third-order valence-corrected chi connectivity index (χ3v) is 5.74. The maximum Gasteiger partial charge on any atom is 0.238 e. The first kappa shape index (κ1) is 22.1. The Hall–Kier alpha value is -2.58. The lowest BCUT2D eigenvalue weighted by Crippen LogP contribution is -2.36. The van der Waals surface area contributed by atoms with Gasteiger partial charge in [0.15, 0.2) is 5.96 Å². The van der Waals surface area contributed by atoms with E-state index in [1.54, 1.807) is 12.1 Å². The van der Waals surface area contributed by atoms with Crippen LogP contribution in [-0.2, 0) is 23.1 Å². The van der Waals surface area contributed by atoms with Gasteiger partial charge in [-0.25, -0.2) is 18.5 Å². The zero-order valence-electron chi connectivity index (χ0n) is 17.5. The Labute approximate surface area is 178 Å². The SMILES string of the molecule is CCNC(=NCc1cccc(S(N)(=O)=O)c1)NCc1ccc(C)cc1OCC1CC1. The zero-order valence-corrected chi connectivity index (χ0v) is 18.3. The van der Waals surface area contributed by atoms with E-state index < -0.39 is 10.0 Å². The molecular formula is C22H30N4O3S. The predicted octanol–water partition coefficient (Wildman–Crippen LogP) is 2.69. The van der Waals surface area contributed by atoms with Crippen molar-refractivity contribution in [1.82, 2.24) is 10.6 Å². The molecule has 3 rings (SSSR count). The van der Waals surface area contributed by atoms with E-state index in [4.69, 9.17) is 9.88 Å². The van der Waals surface area contributed by atoms with Crippen LogP contribution in [0.15, 0.2) is 52.4 Å². The van der Waals surface area contributed by atoms with Gasteiger partial charge in [0.1, 0.15) is 5.75 Å². The molecule has 7 nitrogen and oxygen atoms in total. The number of aryl methyl sites for hydroxylation is 1. The third-order valence-electron chi connectivity index (χ3n) is 4.83. The standard InChI is InChI=1S/C22H30N4O3S/c1-3-24-22(25-13-18-5-4-6-20(12-18)30(23,27)28)26-14-19-10-7-16(2)11-21(19)29-15-17-8-9-17/h4-7,10-12,17H,3,8-9,13-15H2,1-2H3,(H2,23,27,28)(H2,24,25,26). The first-order valence-electron chi connectivity index (χ1n) is 10.2. The van der Waals surface area contributed by atoms with E-state index >= 15 is 0 Å². The molecule has 0 unspecified atom stereocenters. The zero-order chi connectivity index (χ0) is 21.6. The first-order valence-corrected chi connectivity index (χ1v) is 11.8. The highest BCUT2D eigenvalue weighted by Crippen LogP contribution is 2.30. The van der Waals surface area contributed by atoms with Crippen molar-refractivity contribution in [2.75, 3.05) is 13.2 Å². The van der Waals surface area contributed by atoms with E-state index in [0.29, 0.717) is 31.5 Å². The molecule has 0 atom stereocenters. The highest BCUT2D eigenvalue weighted by atomic mass is 32.2. The second-order valence-corrected chi connectivity index (χ2v) is 9.17. The van der Waals surface area contributed by atoms with Gasteiger partial charge in [0.2, 0.25) is 10.0 Å². The lowest BCUT2D eigenvalue weighted by atomic mass is 10.1. The quantitative estimate of drug-likeness (QED) is 0.419. The number of ether oxygens (including phenoxy) is 1. The summed E-state index contributed by atoms with van der Waals surface area (Å²) >= 11 is 0. The van der Waals surface area contributed by atoms with Gasteiger partial charge in [0.05, 0.1) is 18.0 Å². The lowest BCUT2D eigenvalue weighted by Gasteiger charge is -2.15. The van der Waals surface area contributed by atoms with Gasteiger partial charge < -0.3 is 15.4 Å². The van der Waals surface area contributed by atoms with Crippen molar-refractivity contribution in [3.8, 4) is 5.75 Å². The Morgan fingerprint density at radius 1 is 1.20 bits per heavy atom. The van der Waals surface area contributed by atoms with Crippen molar-refractivity contribution < 1.29 is 13.2 Å². The summed E-state index contributed by atoms with van der Waals surface area (Å²) in [5.74, 6) is 2.25. The van der Waals surface area contributed by atoms with Crippen molar-refractivity contribution in [1.29, 1.82) is 0 Å². The molecule has 162 valence electrons. The Kier molecular flexibility index (Phi) is 7.33. The highest BCUT2D eigenvalue weighted by Gasteiger charge is 2.22. The molecule has 8 heteroatoms. The minimum atomic E-state index is -3.73. The van der Waals surface area contributed by atoms with Gasteiger partial charge in [0, 0.05) is 18.7 Å². The van der Waals surface area contributed by atoms with Crippen molar-refractivity contribution in [2.24, 2.45) is 16.0 Å². The molecule has 1 aliphatic carbocycles. The topological polar surface area (TPSA) is 106 Å². The van der Waals surface area contributed by atoms with Gasteiger partial charge in [0.25, 0.3) is 0 Å². The molecule has 0 spiro atoms. The minimum absolute atomic E-state index is 0.0882. The molecule has 0 amide bonds. The van der Waals surface area contributed by atoms with E-state index in [-0.39, 0.29) is 4.90 Å². The van der Waals surface area contributed by atoms with Crippen LogP contribution in [0.5, 0.6) is 5.75 Å². The van der Waals surface area contributed by atoms with Crippen LogP contribution >= 0.6 is 0 Å². The van der Waals surface area contributed by atoms with Crippen molar-refractivity contribution in [3.05, 3.63) is 59.2 Å². The summed E-state index contributed by atoms with van der Waals surface area (Å²) in [7, 11) is -3.73. The van der Waals surface area contributed by atoms with Crippen LogP contribution in [-0.4, -0.2) is 27.5 Å². The summed E-state index contributed by atoms with van der Waals surface area (Å²) in [6, 6.07) is 12.7. The normalized spacial score (nSPS) is 14.4. The number of aliphatic imine (C=N–C) groups is 1. The summed E-state index contributed by atoms with van der Waals surface area (Å²) in [6.07, 6.45) is 2.51. The fourth-order valence-electron chi connectivity index (χ4n) is 2.95. The van der Waals surface area contributed by atoms with E-state index in [9.17, 15) is 8.42 Å². The van der Waals surface area contributed by atoms with E-state index in [2.05, 4.69) is 40.7 Å². The molecule has 1 aliphatic rings. The maximum absolute atomic E-state index is 11.5. The molecule has 0 saturated heterocycles. The second kappa shape index (κ2) is 9.95. The summed E-state index contributed by atoms with van der Waals surface area (Å²) in [6.45, 7) is 6.44. The Bertz CT molecular complexity index is 1000. The number of benzene rings is 2. The molecule has 0 radical (unpaired) electrons. The van der Waals surface area contributed by atoms with Crippen LogP contribution in [0.2, 0.25) is 0 Å². The summed E-state index contributed by atoms with van der Waals surface area (Å²) in [4.78, 5) is 4.66. The molecule has 2 aromatic rings. The first-order chi connectivity index (χ1) is 14.3. The lowest BCUT2D eigenvalue weighted by molar-refractivity contribution is 0.296. The van der Waals surface area contributed by atoms with E-state index in [1.807, 2.05) is 13.0 Å². The predicted molar refractivity (Wildman–Crippen MR) is 119 cm³/mol. The van der Waals surface area contributed by atoms with Gasteiger partial charge in [-0.05, 0) is 61.9 Å². The number of primary sulfonamides is 1. The van der Waals surface area contributed by atoms with Gasteiger partial charge in [-0.3, -0.25) is 0 Å². The number of guanidine groups is 1. The summed E-state index contributed by atoms with van der Waals surface area (Å²) in [5, 5.41) is 11.8. The Morgan fingerprint density at radius 2 is 2.00 bits per heavy atom. The minimum Gasteiger partial charge on any atom is -0.493 e. The van der Waals surface area contributed by atoms with Crippen LogP contribution in [0.1, 0.15) is 36.5 Å². The van der Waals surface area contributed by atoms with Gasteiger partial charge in [-0.1, -0.05) is 24.3 Å². The van der Waals surface area contributed by atoms with Crippen LogP contribution in [0.4, 0.5) is 0 Å².